The van der Waals surface area contributed by atoms with Gasteiger partial charge in [0.05, 0.1) is 0 Å². The van der Waals surface area contributed by atoms with E-state index in [9.17, 15) is 4.79 Å². The number of nitrogens with zero attached hydrogens (tertiary/aromatic N) is 1. The molecule has 1 aliphatic rings. The highest BCUT2D eigenvalue weighted by molar-refractivity contribution is 5.69. The lowest BCUT2D eigenvalue weighted by atomic mass is 10.2. The van der Waals surface area contributed by atoms with Crippen molar-refractivity contribution in [2.24, 2.45) is 0 Å². The van der Waals surface area contributed by atoms with Crippen LogP contribution in [0.2, 0.25) is 0 Å². The maximum atomic E-state index is 12.1. The van der Waals surface area contributed by atoms with E-state index in [0.29, 0.717) is 0 Å². The zero-order chi connectivity index (χ0) is 14.5. The molecule has 1 saturated heterocycles. The number of ether oxygens (including phenoxy) is 1. The van der Waals surface area contributed by atoms with Gasteiger partial charge in [-0.25, -0.2) is 4.79 Å². The van der Waals surface area contributed by atoms with Crippen LogP contribution in [0.15, 0.2) is 11.6 Å². The Bertz CT molecular complexity index is 328. The SMILES string of the molecule is CC(C)=CCNCC1CCCN1C(=O)OC(C)(C)C. The Kier molecular flexibility index (Phi) is 5.85. The third-order valence-electron chi connectivity index (χ3n) is 3.04. The summed E-state index contributed by atoms with van der Waals surface area (Å²) in [6.45, 7) is 12.4. The summed E-state index contributed by atoms with van der Waals surface area (Å²) in [5.74, 6) is 0. The summed E-state index contributed by atoms with van der Waals surface area (Å²) in [7, 11) is 0. The molecule has 1 unspecified atom stereocenters. The molecule has 0 aliphatic carbocycles. The van der Waals surface area contributed by atoms with Crippen LogP contribution in [0.5, 0.6) is 0 Å². The molecule has 0 radical (unpaired) electrons. The van der Waals surface area contributed by atoms with Crippen LogP contribution in [-0.4, -0.2) is 42.3 Å². The van der Waals surface area contributed by atoms with Gasteiger partial charge in [-0.1, -0.05) is 11.6 Å². The Morgan fingerprint density at radius 3 is 2.68 bits per heavy atom. The van der Waals surface area contributed by atoms with Gasteiger partial charge < -0.3 is 15.0 Å². The van der Waals surface area contributed by atoms with Crippen molar-refractivity contribution >= 4 is 6.09 Å². The molecule has 1 rings (SSSR count). The third kappa shape index (κ3) is 6.10. The second-order valence-electron chi connectivity index (χ2n) is 6.41. The number of likely N-dealkylation sites (tertiary alicyclic amines) is 1. The van der Waals surface area contributed by atoms with Crippen molar-refractivity contribution in [3.05, 3.63) is 11.6 Å². The summed E-state index contributed by atoms with van der Waals surface area (Å²) in [6.07, 6.45) is 4.10. The summed E-state index contributed by atoms with van der Waals surface area (Å²) in [5, 5.41) is 3.38. The highest BCUT2D eigenvalue weighted by atomic mass is 16.6. The molecule has 1 atom stereocenters. The number of carbonyl (C=O) groups is 1. The molecule has 0 aromatic rings. The number of hydrogen-bond acceptors (Lipinski definition) is 3. The molecule has 1 aliphatic heterocycles. The molecule has 110 valence electrons. The van der Waals surface area contributed by atoms with Crippen LogP contribution in [-0.2, 0) is 4.74 Å². The lowest BCUT2D eigenvalue weighted by molar-refractivity contribution is 0.0227. The van der Waals surface area contributed by atoms with Crippen LogP contribution in [0.1, 0.15) is 47.5 Å². The minimum absolute atomic E-state index is 0.181. The van der Waals surface area contributed by atoms with Crippen molar-refractivity contribution in [1.82, 2.24) is 10.2 Å². The Balaban J connectivity index is 2.41. The van der Waals surface area contributed by atoms with Crippen LogP contribution < -0.4 is 5.32 Å². The van der Waals surface area contributed by atoms with Gasteiger partial charge in [0.2, 0.25) is 0 Å². The van der Waals surface area contributed by atoms with Crippen LogP contribution in [0.25, 0.3) is 0 Å². The first kappa shape index (κ1) is 16.0. The van der Waals surface area contributed by atoms with Gasteiger partial charge in [0.25, 0.3) is 0 Å². The van der Waals surface area contributed by atoms with Gasteiger partial charge in [0.15, 0.2) is 0 Å². The minimum Gasteiger partial charge on any atom is -0.444 e. The number of carbonyl (C=O) groups excluding carboxylic acids is 1. The van der Waals surface area contributed by atoms with E-state index in [2.05, 4.69) is 25.2 Å². The smallest absolute Gasteiger partial charge is 0.410 e. The Morgan fingerprint density at radius 2 is 2.11 bits per heavy atom. The van der Waals surface area contributed by atoms with Crippen molar-refractivity contribution in [3.63, 3.8) is 0 Å². The number of hydrogen-bond donors (Lipinski definition) is 1. The molecule has 0 aromatic carbocycles. The number of allylic oxidation sites excluding steroid dienone is 1. The Morgan fingerprint density at radius 1 is 1.42 bits per heavy atom. The van der Waals surface area contributed by atoms with Crippen LogP contribution >= 0.6 is 0 Å². The fraction of sp³-hybridized carbons (Fsp3) is 0.800. The molecule has 4 nitrogen and oxygen atoms in total. The van der Waals surface area contributed by atoms with Gasteiger partial charge >= 0.3 is 6.09 Å². The van der Waals surface area contributed by atoms with Gasteiger partial charge in [-0.15, -0.1) is 0 Å². The molecule has 0 aromatic heterocycles. The fourth-order valence-electron chi connectivity index (χ4n) is 2.14. The predicted octanol–water partition coefficient (Wildman–Crippen LogP) is 2.94. The summed E-state index contributed by atoms with van der Waals surface area (Å²) in [5.41, 5.74) is 0.891. The molecule has 4 heteroatoms. The quantitative estimate of drug-likeness (QED) is 0.629. The maximum Gasteiger partial charge on any atom is 0.410 e. The lowest BCUT2D eigenvalue weighted by Crippen LogP contribution is -2.44. The highest BCUT2D eigenvalue weighted by Crippen LogP contribution is 2.20. The second kappa shape index (κ2) is 6.94. The largest absolute Gasteiger partial charge is 0.444 e. The van der Waals surface area contributed by atoms with E-state index < -0.39 is 5.60 Å². The van der Waals surface area contributed by atoms with Crippen molar-refractivity contribution < 1.29 is 9.53 Å². The first-order valence-corrected chi connectivity index (χ1v) is 7.13. The average Bonchev–Trinajstić information content (AvgIpc) is 2.69. The topological polar surface area (TPSA) is 41.6 Å². The van der Waals surface area contributed by atoms with E-state index in [1.54, 1.807) is 0 Å². The maximum absolute atomic E-state index is 12.1. The molecule has 1 heterocycles. The van der Waals surface area contributed by atoms with Crippen molar-refractivity contribution in [2.75, 3.05) is 19.6 Å². The van der Waals surface area contributed by atoms with Crippen LogP contribution in [0.3, 0.4) is 0 Å². The van der Waals surface area contributed by atoms with E-state index in [0.717, 1.165) is 32.5 Å². The van der Waals surface area contributed by atoms with Crippen molar-refractivity contribution in [1.29, 1.82) is 0 Å². The summed E-state index contributed by atoms with van der Waals surface area (Å²) in [4.78, 5) is 13.9. The average molecular weight is 268 g/mol. The molecule has 1 amide bonds. The highest BCUT2D eigenvalue weighted by Gasteiger charge is 2.31. The first-order valence-electron chi connectivity index (χ1n) is 7.13. The van der Waals surface area contributed by atoms with Gasteiger partial charge in [0, 0.05) is 25.7 Å². The summed E-state index contributed by atoms with van der Waals surface area (Å²) < 4.78 is 5.44. The molecule has 0 saturated carbocycles. The van der Waals surface area contributed by atoms with Gasteiger partial charge in [-0.2, -0.15) is 0 Å². The number of amides is 1. The molecule has 0 spiro atoms. The van der Waals surface area contributed by atoms with Crippen LogP contribution in [0.4, 0.5) is 4.79 Å². The monoisotopic (exact) mass is 268 g/mol. The zero-order valence-corrected chi connectivity index (χ0v) is 13.0. The molecular formula is C15H28N2O2. The van der Waals surface area contributed by atoms with E-state index in [1.807, 2.05) is 25.7 Å². The normalized spacial score (nSPS) is 19.4. The molecule has 19 heavy (non-hydrogen) atoms. The van der Waals surface area contributed by atoms with E-state index >= 15 is 0 Å². The molecule has 1 fully saturated rings. The standard InChI is InChI=1S/C15H28N2O2/c1-12(2)8-9-16-11-13-7-6-10-17(13)14(18)19-15(3,4)5/h8,13,16H,6-7,9-11H2,1-5H3. The van der Waals surface area contributed by atoms with E-state index in [-0.39, 0.29) is 12.1 Å². The molecular weight excluding hydrogens is 240 g/mol. The van der Waals surface area contributed by atoms with E-state index in [1.165, 1.54) is 5.57 Å². The first-order chi connectivity index (χ1) is 8.79. The Hall–Kier alpha value is -1.03. The predicted molar refractivity (Wildman–Crippen MR) is 78.3 cm³/mol. The van der Waals surface area contributed by atoms with Crippen molar-refractivity contribution in [3.8, 4) is 0 Å². The van der Waals surface area contributed by atoms with Gasteiger partial charge in [0.1, 0.15) is 5.60 Å². The lowest BCUT2D eigenvalue weighted by Gasteiger charge is -2.28. The fourth-order valence-corrected chi connectivity index (χ4v) is 2.14. The van der Waals surface area contributed by atoms with Gasteiger partial charge in [-0.05, 0) is 47.5 Å². The van der Waals surface area contributed by atoms with Gasteiger partial charge in [-0.3, -0.25) is 0 Å². The van der Waals surface area contributed by atoms with E-state index in [4.69, 9.17) is 4.74 Å². The Labute approximate surface area is 117 Å². The number of nitrogens with one attached hydrogen (secondary N) is 1. The summed E-state index contributed by atoms with van der Waals surface area (Å²) >= 11 is 0. The second-order valence-corrected chi connectivity index (χ2v) is 6.41. The summed E-state index contributed by atoms with van der Waals surface area (Å²) in [6, 6.07) is 0.264. The van der Waals surface area contributed by atoms with Crippen molar-refractivity contribution in [2.45, 2.75) is 59.1 Å². The molecule has 0 bridgehead atoms. The minimum atomic E-state index is -0.417. The number of rotatable bonds is 4. The van der Waals surface area contributed by atoms with Crippen LogP contribution in [0, 0.1) is 0 Å². The zero-order valence-electron chi connectivity index (χ0n) is 13.0. The third-order valence-corrected chi connectivity index (χ3v) is 3.04. The molecule has 1 N–H and O–H groups in total.